The van der Waals surface area contributed by atoms with Gasteiger partial charge in [0.1, 0.15) is 5.60 Å². The first-order valence-corrected chi connectivity index (χ1v) is 9.01. The molecule has 0 aliphatic carbocycles. The van der Waals surface area contributed by atoms with E-state index in [-0.39, 0.29) is 12.0 Å². The molecular formula is C20H30N2O4. The minimum atomic E-state index is -0.579. The van der Waals surface area contributed by atoms with Crippen molar-refractivity contribution in [2.45, 2.75) is 45.6 Å². The molecule has 0 atom stereocenters. The molecule has 6 nitrogen and oxygen atoms in total. The van der Waals surface area contributed by atoms with Gasteiger partial charge in [-0.05, 0) is 45.6 Å². The van der Waals surface area contributed by atoms with E-state index in [2.05, 4.69) is 0 Å². The van der Waals surface area contributed by atoms with Gasteiger partial charge in [0.25, 0.3) is 5.91 Å². The van der Waals surface area contributed by atoms with Crippen molar-refractivity contribution in [3.05, 3.63) is 35.9 Å². The fraction of sp³-hybridized carbons (Fsp3) is 0.600. The number of hydrogen-bond donors (Lipinski definition) is 0. The van der Waals surface area contributed by atoms with E-state index in [1.807, 2.05) is 51.1 Å². The number of amides is 2. The summed E-state index contributed by atoms with van der Waals surface area (Å²) in [5.41, 5.74) is 0.00268. The van der Waals surface area contributed by atoms with Crippen LogP contribution in [0, 0.1) is 5.41 Å². The van der Waals surface area contributed by atoms with Crippen LogP contribution in [-0.2, 0) is 20.8 Å². The Kier molecular flexibility index (Phi) is 6.29. The summed E-state index contributed by atoms with van der Waals surface area (Å²) in [4.78, 5) is 32.2. The number of hydroxylamine groups is 2. The van der Waals surface area contributed by atoms with Crippen LogP contribution in [0.4, 0.5) is 4.79 Å². The van der Waals surface area contributed by atoms with Gasteiger partial charge in [-0.1, -0.05) is 30.3 Å². The van der Waals surface area contributed by atoms with Gasteiger partial charge in [-0.2, -0.15) is 0 Å². The van der Waals surface area contributed by atoms with Crippen molar-refractivity contribution in [1.82, 2.24) is 9.96 Å². The molecule has 6 heteroatoms. The molecular weight excluding hydrogens is 332 g/mol. The number of likely N-dealkylation sites (tertiary alicyclic amines) is 1. The van der Waals surface area contributed by atoms with Crippen LogP contribution in [0.3, 0.4) is 0 Å². The second-order valence-corrected chi connectivity index (χ2v) is 7.90. The number of ether oxygens (including phenoxy) is 1. The molecule has 0 radical (unpaired) electrons. The fourth-order valence-electron chi connectivity index (χ4n) is 3.31. The summed E-state index contributed by atoms with van der Waals surface area (Å²) < 4.78 is 5.46. The van der Waals surface area contributed by atoms with Crippen LogP contribution in [0.2, 0.25) is 0 Å². The molecule has 0 N–H and O–H groups in total. The highest BCUT2D eigenvalue weighted by molar-refractivity contribution is 5.82. The molecule has 1 fully saturated rings. The predicted molar refractivity (Wildman–Crippen MR) is 99.4 cm³/mol. The van der Waals surface area contributed by atoms with Crippen molar-refractivity contribution in [2.24, 2.45) is 5.41 Å². The summed E-state index contributed by atoms with van der Waals surface area (Å²) in [6, 6.07) is 9.97. The van der Waals surface area contributed by atoms with Crippen molar-refractivity contribution >= 4 is 12.0 Å². The summed E-state index contributed by atoms with van der Waals surface area (Å²) in [5.74, 6) is -0.0484. The zero-order valence-corrected chi connectivity index (χ0v) is 16.4. The highest BCUT2D eigenvalue weighted by atomic mass is 16.7. The number of carbonyl (C=O) groups is 2. The molecule has 1 aliphatic heterocycles. The van der Waals surface area contributed by atoms with E-state index >= 15 is 0 Å². The lowest BCUT2D eigenvalue weighted by atomic mass is 9.73. The van der Waals surface area contributed by atoms with E-state index in [0.717, 1.165) is 5.56 Å². The molecule has 1 aromatic rings. The third kappa shape index (κ3) is 4.97. The van der Waals surface area contributed by atoms with Crippen LogP contribution < -0.4 is 0 Å². The first kappa shape index (κ1) is 20.2. The van der Waals surface area contributed by atoms with Crippen molar-refractivity contribution in [3.63, 3.8) is 0 Å². The molecule has 0 aromatic heterocycles. The van der Waals surface area contributed by atoms with E-state index in [1.54, 1.807) is 11.9 Å². The minimum Gasteiger partial charge on any atom is -0.444 e. The Hall–Kier alpha value is -2.08. The first-order valence-electron chi connectivity index (χ1n) is 9.01. The SMILES string of the molecule is CON(C)C(=O)C1(Cc2ccccc2)CCN(C(=O)OC(C)(C)C)CC1. The number of piperidine rings is 1. The summed E-state index contributed by atoms with van der Waals surface area (Å²) in [6.45, 7) is 6.54. The molecule has 1 aromatic carbocycles. The summed E-state index contributed by atoms with van der Waals surface area (Å²) in [6.07, 6.45) is 1.46. The Bertz CT molecular complexity index is 616. The van der Waals surface area contributed by atoms with Crippen LogP contribution in [0.1, 0.15) is 39.2 Å². The minimum absolute atomic E-state index is 0.0484. The van der Waals surface area contributed by atoms with Gasteiger partial charge in [-0.3, -0.25) is 9.63 Å². The van der Waals surface area contributed by atoms with Crippen molar-refractivity contribution in [1.29, 1.82) is 0 Å². The van der Waals surface area contributed by atoms with Gasteiger partial charge >= 0.3 is 6.09 Å². The molecule has 0 spiro atoms. The predicted octanol–water partition coefficient (Wildman–Crippen LogP) is 3.27. The lowest BCUT2D eigenvalue weighted by molar-refractivity contribution is -0.183. The normalized spacial score (nSPS) is 16.9. The van der Waals surface area contributed by atoms with Crippen molar-refractivity contribution in [2.75, 3.05) is 27.2 Å². The molecule has 0 saturated carbocycles. The van der Waals surface area contributed by atoms with E-state index < -0.39 is 11.0 Å². The molecule has 0 unspecified atom stereocenters. The molecule has 1 aliphatic rings. The second kappa shape index (κ2) is 8.08. The third-order valence-electron chi connectivity index (χ3n) is 4.77. The number of carbonyl (C=O) groups excluding carboxylic acids is 2. The molecule has 144 valence electrons. The summed E-state index contributed by atoms with van der Waals surface area (Å²) in [7, 11) is 3.12. The Balaban J connectivity index is 2.15. The Labute approximate surface area is 156 Å². The molecule has 2 rings (SSSR count). The van der Waals surface area contributed by atoms with Gasteiger partial charge in [0.15, 0.2) is 0 Å². The standard InChI is InChI=1S/C20H30N2O4/c1-19(2,3)26-18(24)22-13-11-20(12-14-22,17(23)21(4)25-5)15-16-9-7-6-8-10-16/h6-10H,11-15H2,1-5H3. The number of hydrogen-bond acceptors (Lipinski definition) is 4. The molecule has 26 heavy (non-hydrogen) atoms. The molecule has 1 saturated heterocycles. The lowest BCUT2D eigenvalue weighted by Crippen LogP contribution is -2.52. The number of benzene rings is 1. The van der Waals surface area contributed by atoms with Crippen LogP contribution in [0.15, 0.2) is 30.3 Å². The average Bonchev–Trinajstić information content (AvgIpc) is 2.60. The number of nitrogens with zero attached hydrogens (tertiary/aromatic N) is 2. The Morgan fingerprint density at radius 1 is 1.15 bits per heavy atom. The van der Waals surface area contributed by atoms with E-state index in [1.165, 1.54) is 12.2 Å². The average molecular weight is 362 g/mol. The Morgan fingerprint density at radius 3 is 2.23 bits per heavy atom. The Morgan fingerprint density at radius 2 is 1.73 bits per heavy atom. The van der Waals surface area contributed by atoms with Gasteiger partial charge in [0.05, 0.1) is 12.5 Å². The number of rotatable bonds is 4. The second-order valence-electron chi connectivity index (χ2n) is 7.90. The topological polar surface area (TPSA) is 59.1 Å². The maximum absolute atomic E-state index is 13.0. The van der Waals surface area contributed by atoms with Gasteiger partial charge in [-0.25, -0.2) is 9.86 Å². The van der Waals surface area contributed by atoms with Crippen molar-refractivity contribution < 1.29 is 19.2 Å². The zero-order valence-electron chi connectivity index (χ0n) is 16.4. The fourth-order valence-corrected chi connectivity index (χ4v) is 3.31. The van der Waals surface area contributed by atoms with Gasteiger partial charge < -0.3 is 9.64 Å². The maximum atomic E-state index is 13.0. The van der Waals surface area contributed by atoms with Crippen molar-refractivity contribution in [3.8, 4) is 0 Å². The van der Waals surface area contributed by atoms with Crippen LogP contribution in [0.5, 0.6) is 0 Å². The lowest BCUT2D eigenvalue weighted by Gasteiger charge is -2.42. The van der Waals surface area contributed by atoms with E-state index in [4.69, 9.17) is 9.57 Å². The molecule has 1 heterocycles. The summed E-state index contributed by atoms with van der Waals surface area (Å²) in [5, 5.41) is 1.30. The first-order chi connectivity index (χ1) is 12.2. The monoisotopic (exact) mass is 362 g/mol. The quantitative estimate of drug-likeness (QED) is 0.772. The van der Waals surface area contributed by atoms with Gasteiger partial charge in [0.2, 0.25) is 0 Å². The smallest absolute Gasteiger partial charge is 0.410 e. The molecule has 2 amide bonds. The van der Waals surface area contributed by atoms with E-state index in [9.17, 15) is 9.59 Å². The highest BCUT2D eigenvalue weighted by Crippen LogP contribution is 2.37. The largest absolute Gasteiger partial charge is 0.444 e. The van der Waals surface area contributed by atoms with Gasteiger partial charge in [0, 0.05) is 20.1 Å². The zero-order chi connectivity index (χ0) is 19.4. The van der Waals surface area contributed by atoms with Crippen LogP contribution in [-0.4, -0.2) is 54.8 Å². The van der Waals surface area contributed by atoms with E-state index in [0.29, 0.717) is 32.4 Å². The van der Waals surface area contributed by atoms with Crippen LogP contribution >= 0.6 is 0 Å². The van der Waals surface area contributed by atoms with Gasteiger partial charge in [-0.15, -0.1) is 0 Å². The maximum Gasteiger partial charge on any atom is 0.410 e. The third-order valence-corrected chi connectivity index (χ3v) is 4.77. The highest BCUT2D eigenvalue weighted by Gasteiger charge is 2.44. The summed E-state index contributed by atoms with van der Waals surface area (Å²) >= 11 is 0. The molecule has 0 bridgehead atoms. The van der Waals surface area contributed by atoms with Crippen LogP contribution in [0.25, 0.3) is 0 Å².